The van der Waals surface area contributed by atoms with Gasteiger partial charge in [-0.05, 0) is 42.8 Å². The molecule has 9 heteroatoms. The summed E-state index contributed by atoms with van der Waals surface area (Å²) < 4.78 is 29.2. The molecule has 0 aliphatic rings. The summed E-state index contributed by atoms with van der Waals surface area (Å²) in [5.41, 5.74) is 0.964. The highest BCUT2D eigenvalue weighted by Gasteiger charge is 2.16. The maximum Gasteiger partial charge on any atom is 0.240 e. The molecule has 2 heterocycles. The minimum absolute atomic E-state index is 0.00114. The highest BCUT2D eigenvalue weighted by atomic mass is 35.5. The summed E-state index contributed by atoms with van der Waals surface area (Å²) in [6, 6.07) is 9.39. The quantitative estimate of drug-likeness (QED) is 0.725. The average Bonchev–Trinajstić information content (AvgIpc) is 3.06. The zero-order valence-electron chi connectivity index (χ0n) is 13.7. The first-order valence-corrected chi connectivity index (χ1v) is 9.41. The fourth-order valence-electron chi connectivity index (χ4n) is 2.34. The molecule has 0 bridgehead atoms. The highest BCUT2D eigenvalue weighted by Crippen LogP contribution is 2.20. The molecule has 26 heavy (non-hydrogen) atoms. The molecule has 3 aromatic rings. The van der Waals surface area contributed by atoms with Gasteiger partial charge in [0.05, 0.1) is 15.5 Å². The first-order valence-electron chi connectivity index (χ1n) is 7.55. The Morgan fingerprint density at radius 2 is 2.04 bits per heavy atom. The van der Waals surface area contributed by atoms with Gasteiger partial charge >= 0.3 is 0 Å². The first-order chi connectivity index (χ1) is 12.4. The van der Waals surface area contributed by atoms with Gasteiger partial charge in [0.1, 0.15) is 17.7 Å². The largest absolute Gasteiger partial charge is 0.288 e. The van der Waals surface area contributed by atoms with Crippen molar-refractivity contribution >= 4 is 21.6 Å². The number of nitrogens with one attached hydrogen (secondary N) is 1. The van der Waals surface area contributed by atoms with Gasteiger partial charge < -0.3 is 0 Å². The van der Waals surface area contributed by atoms with Crippen LogP contribution in [0.5, 0.6) is 0 Å². The number of halogens is 1. The Morgan fingerprint density at radius 1 is 1.23 bits per heavy atom. The van der Waals surface area contributed by atoms with Gasteiger partial charge in [-0.15, -0.1) is 0 Å². The molecule has 1 N–H and O–H groups in total. The van der Waals surface area contributed by atoms with Crippen LogP contribution in [0.3, 0.4) is 0 Å². The number of hydrogen-bond donors (Lipinski definition) is 1. The Hall–Kier alpha value is -2.73. The molecular weight excluding hydrogens is 374 g/mol. The summed E-state index contributed by atoms with van der Waals surface area (Å²) in [5, 5.41) is 8.97. The van der Waals surface area contributed by atoms with Gasteiger partial charge in [0, 0.05) is 25.1 Å². The predicted molar refractivity (Wildman–Crippen MR) is 96.3 cm³/mol. The second-order valence-corrected chi connectivity index (χ2v) is 7.62. The van der Waals surface area contributed by atoms with Crippen LogP contribution in [0.1, 0.15) is 17.0 Å². The molecule has 0 saturated carbocycles. The lowest BCUT2D eigenvalue weighted by Crippen LogP contribution is -2.23. The van der Waals surface area contributed by atoms with E-state index in [1.54, 1.807) is 35.3 Å². The van der Waals surface area contributed by atoms with Gasteiger partial charge in [0.15, 0.2) is 0 Å². The van der Waals surface area contributed by atoms with Crippen LogP contribution >= 0.6 is 11.6 Å². The van der Waals surface area contributed by atoms with Gasteiger partial charge in [0.2, 0.25) is 10.0 Å². The third kappa shape index (κ3) is 3.75. The Morgan fingerprint density at radius 3 is 2.69 bits per heavy atom. The number of benzene rings is 1. The molecule has 0 saturated heterocycles. The maximum absolute atomic E-state index is 12.4. The van der Waals surface area contributed by atoms with Crippen molar-refractivity contribution in [2.75, 3.05) is 0 Å². The van der Waals surface area contributed by atoms with Crippen LogP contribution in [0.4, 0.5) is 0 Å². The SMILES string of the molecule is Cc1nccn1-c1cc(CNS(=O)(=O)c2ccc(C#N)c(Cl)c2)ccn1. The zero-order valence-corrected chi connectivity index (χ0v) is 15.3. The summed E-state index contributed by atoms with van der Waals surface area (Å²) in [7, 11) is -3.76. The molecule has 0 atom stereocenters. The number of sulfonamides is 1. The van der Waals surface area contributed by atoms with Gasteiger partial charge in [-0.25, -0.2) is 23.1 Å². The van der Waals surface area contributed by atoms with Crippen LogP contribution in [-0.2, 0) is 16.6 Å². The summed E-state index contributed by atoms with van der Waals surface area (Å²) in [6.07, 6.45) is 5.06. The third-order valence-electron chi connectivity index (χ3n) is 3.72. The molecule has 0 aliphatic carbocycles. The third-order valence-corrected chi connectivity index (χ3v) is 5.43. The van der Waals surface area contributed by atoms with Gasteiger partial charge in [-0.3, -0.25) is 4.57 Å². The molecule has 132 valence electrons. The van der Waals surface area contributed by atoms with Crippen molar-refractivity contribution in [2.24, 2.45) is 0 Å². The minimum Gasteiger partial charge on any atom is -0.288 e. The maximum atomic E-state index is 12.4. The molecule has 0 spiro atoms. The lowest BCUT2D eigenvalue weighted by Gasteiger charge is -2.09. The fourth-order valence-corrected chi connectivity index (χ4v) is 3.67. The Kier molecular flexibility index (Phi) is 5.04. The predicted octanol–water partition coefficient (Wildman–Crippen LogP) is 2.58. The molecule has 0 fully saturated rings. The number of pyridine rings is 1. The number of imidazole rings is 1. The van der Waals surface area contributed by atoms with Crippen molar-refractivity contribution in [3.8, 4) is 11.9 Å². The van der Waals surface area contributed by atoms with Crippen molar-refractivity contribution in [2.45, 2.75) is 18.4 Å². The smallest absolute Gasteiger partial charge is 0.240 e. The Labute approximate surface area is 156 Å². The van der Waals surface area contributed by atoms with E-state index in [1.807, 2.05) is 13.0 Å². The van der Waals surface area contributed by atoms with Crippen LogP contribution in [0.15, 0.2) is 53.8 Å². The minimum atomic E-state index is -3.76. The van der Waals surface area contributed by atoms with Crippen LogP contribution < -0.4 is 4.72 Å². The van der Waals surface area contributed by atoms with Crippen molar-refractivity contribution in [3.63, 3.8) is 0 Å². The first kappa shape index (κ1) is 18.1. The van der Waals surface area contributed by atoms with Crippen LogP contribution in [-0.4, -0.2) is 23.0 Å². The second-order valence-electron chi connectivity index (χ2n) is 5.44. The van der Waals surface area contributed by atoms with Crippen LogP contribution in [0.25, 0.3) is 5.82 Å². The van der Waals surface area contributed by atoms with E-state index in [-0.39, 0.29) is 22.0 Å². The lowest BCUT2D eigenvalue weighted by atomic mass is 10.2. The molecule has 3 rings (SSSR count). The lowest BCUT2D eigenvalue weighted by molar-refractivity contribution is 0.581. The van der Waals surface area contributed by atoms with Crippen LogP contribution in [0.2, 0.25) is 5.02 Å². The summed E-state index contributed by atoms with van der Waals surface area (Å²) in [5.74, 6) is 1.43. The van der Waals surface area contributed by atoms with Crippen molar-refractivity contribution < 1.29 is 8.42 Å². The van der Waals surface area contributed by atoms with E-state index in [0.717, 1.165) is 11.4 Å². The highest BCUT2D eigenvalue weighted by molar-refractivity contribution is 7.89. The van der Waals surface area contributed by atoms with Gasteiger partial charge in [-0.1, -0.05) is 11.6 Å². The monoisotopic (exact) mass is 387 g/mol. The zero-order chi connectivity index (χ0) is 18.7. The summed E-state index contributed by atoms with van der Waals surface area (Å²) in [6.45, 7) is 1.94. The van der Waals surface area contributed by atoms with Crippen LogP contribution in [0, 0.1) is 18.3 Å². The number of hydrogen-bond acceptors (Lipinski definition) is 5. The number of aromatic nitrogens is 3. The Bertz CT molecular complexity index is 1100. The van der Waals surface area contributed by atoms with E-state index in [1.165, 1.54) is 18.2 Å². The number of aryl methyl sites for hydroxylation is 1. The van der Waals surface area contributed by atoms with E-state index in [2.05, 4.69) is 14.7 Å². The normalized spacial score (nSPS) is 11.3. The summed E-state index contributed by atoms with van der Waals surface area (Å²) in [4.78, 5) is 8.42. The number of nitrogens with zero attached hydrogens (tertiary/aromatic N) is 4. The summed E-state index contributed by atoms with van der Waals surface area (Å²) >= 11 is 5.91. The van der Waals surface area contributed by atoms with Gasteiger partial charge in [-0.2, -0.15) is 5.26 Å². The van der Waals surface area contributed by atoms with E-state index in [9.17, 15) is 8.42 Å². The molecule has 0 radical (unpaired) electrons. The molecule has 0 unspecified atom stereocenters. The van der Waals surface area contributed by atoms with Gasteiger partial charge in [0.25, 0.3) is 0 Å². The van der Waals surface area contributed by atoms with Crippen molar-refractivity contribution in [1.29, 1.82) is 5.26 Å². The fraction of sp³-hybridized carbons (Fsp3) is 0.118. The van der Waals surface area contributed by atoms with Crippen molar-refractivity contribution in [3.05, 3.63) is 70.9 Å². The topological polar surface area (TPSA) is 101 Å². The number of rotatable bonds is 5. The second kappa shape index (κ2) is 7.25. The van der Waals surface area contributed by atoms with E-state index in [0.29, 0.717) is 5.82 Å². The molecule has 7 nitrogen and oxygen atoms in total. The standard InChI is InChI=1S/C17H14ClN5O2S/c1-12-20-6-7-23(12)17-8-13(4-5-21-17)11-22-26(24,25)15-3-2-14(10-19)16(18)9-15/h2-9,22H,11H2,1H3. The molecule has 0 amide bonds. The van der Waals surface area contributed by atoms with E-state index >= 15 is 0 Å². The average molecular weight is 388 g/mol. The van der Waals surface area contributed by atoms with E-state index < -0.39 is 10.0 Å². The molecular formula is C17H14ClN5O2S. The Balaban J connectivity index is 1.79. The molecule has 0 aliphatic heterocycles. The number of nitriles is 1. The molecule has 2 aromatic heterocycles. The van der Waals surface area contributed by atoms with E-state index in [4.69, 9.17) is 16.9 Å². The molecule has 1 aromatic carbocycles. The van der Waals surface area contributed by atoms with Crippen molar-refractivity contribution in [1.82, 2.24) is 19.3 Å².